The van der Waals surface area contributed by atoms with Gasteiger partial charge in [0.05, 0.1) is 6.54 Å². The van der Waals surface area contributed by atoms with E-state index in [9.17, 15) is 4.79 Å². The van der Waals surface area contributed by atoms with Crippen LogP contribution in [0.1, 0.15) is 29.8 Å². The predicted octanol–water partition coefficient (Wildman–Crippen LogP) is 3.01. The summed E-state index contributed by atoms with van der Waals surface area (Å²) in [6, 6.07) is 11.4. The van der Waals surface area contributed by atoms with Crippen LogP contribution in [0.15, 0.2) is 40.9 Å². The molecule has 0 aliphatic carbocycles. The third kappa shape index (κ3) is 2.96. The number of Topliss-reactive ketones (excluding diaryl/α,β-unsaturated/α-hetero) is 1. The molecule has 4 heteroatoms. The van der Waals surface area contributed by atoms with Crippen LogP contribution in [0.25, 0.3) is 11.3 Å². The van der Waals surface area contributed by atoms with Gasteiger partial charge >= 0.3 is 0 Å². The van der Waals surface area contributed by atoms with Crippen LogP contribution >= 0.6 is 0 Å². The molecule has 1 fully saturated rings. The van der Waals surface area contributed by atoms with Gasteiger partial charge in [-0.25, -0.2) is 0 Å². The number of carbonyl (C=O) groups excluding carboxylic acids is 1. The lowest BCUT2D eigenvalue weighted by Gasteiger charge is -2.25. The third-order valence-corrected chi connectivity index (χ3v) is 3.67. The van der Waals surface area contributed by atoms with E-state index in [1.165, 1.54) is 19.3 Å². The molecule has 1 aliphatic rings. The second-order valence-electron chi connectivity index (χ2n) is 5.20. The molecule has 3 rings (SSSR count). The maximum absolute atomic E-state index is 12.2. The highest BCUT2D eigenvalue weighted by molar-refractivity contribution is 5.96. The van der Waals surface area contributed by atoms with Crippen molar-refractivity contribution in [3.8, 4) is 11.3 Å². The van der Waals surface area contributed by atoms with Gasteiger partial charge in [-0.1, -0.05) is 41.9 Å². The summed E-state index contributed by atoms with van der Waals surface area (Å²) in [5, 5.41) is 3.91. The molecule has 0 amide bonds. The zero-order chi connectivity index (χ0) is 13.8. The van der Waals surface area contributed by atoms with Crippen molar-refractivity contribution in [3.05, 3.63) is 42.1 Å². The van der Waals surface area contributed by atoms with Crippen molar-refractivity contribution >= 4 is 5.78 Å². The predicted molar refractivity (Wildman–Crippen MR) is 76.6 cm³/mol. The summed E-state index contributed by atoms with van der Waals surface area (Å²) in [6.45, 7) is 2.46. The minimum atomic E-state index is 0.0397. The summed E-state index contributed by atoms with van der Waals surface area (Å²) in [5.41, 5.74) is 1.37. The number of carbonyl (C=O) groups is 1. The normalized spacial score (nSPS) is 16.2. The Hall–Kier alpha value is -1.94. The average molecular weight is 270 g/mol. The van der Waals surface area contributed by atoms with Crippen molar-refractivity contribution in [1.29, 1.82) is 0 Å². The first-order valence-electron chi connectivity index (χ1n) is 7.10. The van der Waals surface area contributed by atoms with Crippen LogP contribution in [0, 0.1) is 0 Å². The van der Waals surface area contributed by atoms with Gasteiger partial charge in [0, 0.05) is 11.6 Å². The Kier molecular flexibility index (Phi) is 3.92. The highest BCUT2D eigenvalue weighted by atomic mass is 16.5. The van der Waals surface area contributed by atoms with Crippen LogP contribution < -0.4 is 0 Å². The molecular weight excluding hydrogens is 252 g/mol. The van der Waals surface area contributed by atoms with Gasteiger partial charge in [0.2, 0.25) is 0 Å². The summed E-state index contributed by atoms with van der Waals surface area (Å²) >= 11 is 0. The lowest BCUT2D eigenvalue weighted by Crippen LogP contribution is -2.34. The molecule has 2 heterocycles. The van der Waals surface area contributed by atoms with E-state index in [0.29, 0.717) is 18.0 Å². The van der Waals surface area contributed by atoms with Gasteiger partial charge in [-0.2, -0.15) is 0 Å². The molecule has 20 heavy (non-hydrogen) atoms. The number of aromatic nitrogens is 1. The molecule has 2 aromatic rings. The Labute approximate surface area is 118 Å². The van der Waals surface area contributed by atoms with Gasteiger partial charge in [0.25, 0.3) is 0 Å². The zero-order valence-corrected chi connectivity index (χ0v) is 11.4. The van der Waals surface area contributed by atoms with Crippen LogP contribution in [0.3, 0.4) is 0 Å². The lowest BCUT2D eigenvalue weighted by atomic mass is 10.1. The lowest BCUT2D eigenvalue weighted by molar-refractivity contribution is 0.0907. The topological polar surface area (TPSA) is 46.3 Å². The number of nitrogens with zero attached hydrogens (tertiary/aromatic N) is 2. The summed E-state index contributed by atoms with van der Waals surface area (Å²) in [4.78, 5) is 14.4. The maximum Gasteiger partial charge on any atom is 0.198 e. The van der Waals surface area contributed by atoms with Crippen molar-refractivity contribution in [2.45, 2.75) is 19.3 Å². The van der Waals surface area contributed by atoms with Crippen molar-refractivity contribution in [3.63, 3.8) is 0 Å². The monoisotopic (exact) mass is 270 g/mol. The minimum absolute atomic E-state index is 0.0397. The summed E-state index contributed by atoms with van der Waals surface area (Å²) in [5.74, 6) is 0.686. The molecule has 0 unspecified atom stereocenters. The first-order valence-corrected chi connectivity index (χ1v) is 7.10. The quantitative estimate of drug-likeness (QED) is 0.801. The fourth-order valence-electron chi connectivity index (χ4n) is 2.55. The van der Waals surface area contributed by atoms with E-state index in [2.05, 4.69) is 10.1 Å². The molecule has 0 N–H and O–H groups in total. The van der Waals surface area contributed by atoms with Crippen LogP contribution in [-0.2, 0) is 0 Å². The number of piperidine rings is 1. The summed E-state index contributed by atoms with van der Waals surface area (Å²) in [7, 11) is 0. The highest BCUT2D eigenvalue weighted by Gasteiger charge is 2.18. The molecular formula is C16H18N2O2. The first kappa shape index (κ1) is 13.1. The Morgan fingerprint density at radius 2 is 1.90 bits per heavy atom. The Morgan fingerprint density at radius 3 is 2.65 bits per heavy atom. The van der Waals surface area contributed by atoms with Crippen LogP contribution in [0.2, 0.25) is 0 Å². The molecule has 1 aliphatic heterocycles. The van der Waals surface area contributed by atoms with Gasteiger partial charge < -0.3 is 4.52 Å². The van der Waals surface area contributed by atoms with Gasteiger partial charge in [-0.3, -0.25) is 9.69 Å². The van der Waals surface area contributed by atoms with Crippen LogP contribution in [0.4, 0.5) is 0 Å². The van der Waals surface area contributed by atoms with Crippen molar-refractivity contribution in [2.24, 2.45) is 0 Å². The Bertz CT molecular complexity index is 571. The van der Waals surface area contributed by atoms with Crippen molar-refractivity contribution in [1.82, 2.24) is 10.1 Å². The zero-order valence-electron chi connectivity index (χ0n) is 11.4. The van der Waals surface area contributed by atoms with Crippen LogP contribution in [-0.4, -0.2) is 35.5 Å². The molecule has 1 aromatic carbocycles. The largest absolute Gasteiger partial charge is 0.356 e. The molecule has 0 saturated carbocycles. The maximum atomic E-state index is 12.2. The minimum Gasteiger partial charge on any atom is -0.356 e. The molecule has 0 radical (unpaired) electrons. The molecule has 104 valence electrons. The number of hydrogen-bond donors (Lipinski definition) is 0. The van der Waals surface area contributed by atoms with E-state index in [-0.39, 0.29) is 5.78 Å². The summed E-state index contributed by atoms with van der Waals surface area (Å²) < 4.78 is 5.27. The first-order chi connectivity index (χ1) is 9.83. The number of benzene rings is 1. The molecule has 1 saturated heterocycles. The third-order valence-electron chi connectivity index (χ3n) is 3.67. The Morgan fingerprint density at radius 1 is 1.15 bits per heavy atom. The van der Waals surface area contributed by atoms with Crippen molar-refractivity contribution < 1.29 is 9.32 Å². The number of likely N-dealkylation sites (tertiary alicyclic amines) is 1. The number of rotatable bonds is 4. The van der Waals surface area contributed by atoms with Crippen molar-refractivity contribution in [2.75, 3.05) is 19.6 Å². The van der Waals surface area contributed by atoms with E-state index >= 15 is 0 Å². The fraction of sp³-hybridized carbons (Fsp3) is 0.375. The summed E-state index contributed by atoms with van der Waals surface area (Å²) in [6.07, 6.45) is 3.63. The Balaban J connectivity index is 1.68. The molecule has 0 bridgehead atoms. The van der Waals surface area contributed by atoms with Gasteiger partial charge in [0.1, 0.15) is 0 Å². The molecule has 4 nitrogen and oxygen atoms in total. The number of hydrogen-bond acceptors (Lipinski definition) is 4. The van der Waals surface area contributed by atoms with Gasteiger partial charge in [-0.05, 0) is 25.9 Å². The van der Waals surface area contributed by atoms with Crippen LogP contribution in [0.5, 0.6) is 0 Å². The molecule has 1 aromatic heterocycles. The molecule has 0 atom stereocenters. The standard InChI is InChI=1S/C16H18N2O2/c19-15(12-18-9-5-2-6-10-18)14-11-16(20-17-14)13-7-3-1-4-8-13/h1,3-4,7-8,11H,2,5-6,9-10,12H2. The fourth-order valence-corrected chi connectivity index (χ4v) is 2.55. The smallest absolute Gasteiger partial charge is 0.198 e. The SMILES string of the molecule is O=C(CN1CCCCC1)c1cc(-c2ccccc2)on1. The van der Waals surface area contributed by atoms with E-state index in [1.54, 1.807) is 6.07 Å². The van der Waals surface area contributed by atoms with Gasteiger partial charge in [0.15, 0.2) is 17.2 Å². The van der Waals surface area contributed by atoms with Gasteiger partial charge in [-0.15, -0.1) is 0 Å². The van der Waals surface area contributed by atoms with E-state index in [0.717, 1.165) is 18.7 Å². The van der Waals surface area contributed by atoms with E-state index in [1.807, 2.05) is 30.3 Å². The molecule has 0 spiro atoms. The highest BCUT2D eigenvalue weighted by Crippen LogP contribution is 2.20. The van der Waals surface area contributed by atoms with E-state index in [4.69, 9.17) is 4.52 Å². The number of ketones is 1. The average Bonchev–Trinajstić information content (AvgIpc) is 2.99. The second-order valence-corrected chi connectivity index (χ2v) is 5.20. The second kappa shape index (κ2) is 6.01. The van der Waals surface area contributed by atoms with E-state index < -0.39 is 0 Å².